The first-order valence-electron chi connectivity index (χ1n) is 6.22. The topological polar surface area (TPSA) is 44.4 Å². The molecule has 0 radical (unpaired) electrons. The standard InChI is InChI=1S/C12H23N3O/c1-11(2,15-8-6-13-7-9-15)10(16)14-12(3)4-5-12/h13H,4-9H2,1-3H3,(H,14,16). The fraction of sp³-hybridized carbons (Fsp3) is 0.917. The summed E-state index contributed by atoms with van der Waals surface area (Å²) in [7, 11) is 0. The molecule has 2 rings (SSSR count). The Morgan fingerprint density at radius 3 is 2.38 bits per heavy atom. The van der Waals surface area contributed by atoms with E-state index < -0.39 is 0 Å². The number of nitrogens with zero attached hydrogens (tertiary/aromatic N) is 1. The van der Waals surface area contributed by atoms with Crippen LogP contribution in [-0.4, -0.2) is 48.1 Å². The number of nitrogens with one attached hydrogen (secondary N) is 2. The lowest BCUT2D eigenvalue weighted by atomic mass is 10.00. The van der Waals surface area contributed by atoms with Gasteiger partial charge in [0, 0.05) is 31.7 Å². The molecule has 16 heavy (non-hydrogen) atoms. The number of hydrogen-bond donors (Lipinski definition) is 2. The van der Waals surface area contributed by atoms with Crippen LogP contribution in [0.1, 0.15) is 33.6 Å². The van der Waals surface area contributed by atoms with E-state index in [1.165, 1.54) is 0 Å². The van der Waals surface area contributed by atoms with E-state index in [-0.39, 0.29) is 17.0 Å². The molecule has 0 unspecified atom stereocenters. The quantitative estimate of drug-likeness (QED) is 0.728. The first-order valence-corrected chi connectivity index (χ1v) is 6.22. The molecular weight excluding hydrogens is 202 g/mol. The van der Waals surface area contributed by atoms with E-state index in [4.69, 9.17) is 0 Å². The van der Waals surface area contributed by atoms with Crippen molar-refractivity contribution in [1.82, 2.24) is 15.5 Å². The largest absolute Gasteiger partial charge is 0.349 e. The average molecular weight is 225 g/mol. The monoisotopic (exact) mass is 225 g/mol. The first-order chi connectivity index (χ1) is 7.44. The molecule has 1 aliphatic heterocycles. The third-order valence-corrected chi connectivity index (χ3v) is 3.88. The molecule has 0 aromatic rings. The maximum Gasteiger partial charge on any atom is 0.240 e. The van der Waals surface area contributed by atoms with Gasteiger partial charge in [0.1, 0.15) is 0 Å². The summed E-state index contributed by atoms with van der Waals surface area (Å²) in [5, 5.41) is 6.48. The van der Waals surface area contributed by atoms with Crippen LogP contribution in [0.25, 0.3) is 0 Å². The highest BCUT2D eigenvalue weighted by Crippen LogP contribution is 2.35. The average Bonchev–Trinajstić information content (AvgIpc) is 2.97. The zero-order valence-corrected chi connectivity index (χ0v) is 10.6. The lowest BCUT2D eigenvalue weighted by molar-refractivity contribution is -0.133. The van der Waals surface area contributed by atoms with Crippen molar-refractivity contribution in [2.75, 3.05) is 26.2 Å². The Labute approximate surface area is 97.8 Å². The molecule has 0 spiro atoms. The minimum Gasteiger partial charge on any atom is -0.349 e. The fourth-order valence-electron chi connectivity index (χ4n) is 2.11. The highest BCUT2D eigenvalue weighted by molar-refractivity contribution is 5.86. The third-order valence-electron chi connectivity index (χ3n) is 3.88. The van der Waals surface area contributed by atoms with Crippen LogP contribution in [0.15, 0.2) is 0 Å². The van der Waals surface area contributed by atoms with E-state index in [1.54, 1.807) is 0 Å². The molecule has 1 saturated carbocycles. The molecule has 2 aliphatic rings. The van der Waals surface area contributed by atoms with Crippen molar-refractivity contribution in [3.05, 3.63) is 0 Å². The number of amides is 1. The van der Waals surface area contributed by atoms with E-state index >= 15 is 0 Å². The Morgan fingerprint density at radius 2 is 1.88 bits per heavy atom. The zero-order chi connectivity index (χ0) is 11.8. The minimum absolute atomic E-state index is 0.0857. The molecule has 2 fully saturated rings. The lowest BCUT2D eigenvalue weighted by Crippen LogP contribution is -2.61. The van der Waals surface area contributed by atoms with Crippen LogP contribution in [0.3, 0.4) is 0 Å². The van der Waals surface area contributed by atoms with Gasteiger partial charge in [0.05, 0.1) is 5.54 Å². The zero-order valence-electron chi connectivity index (χ0n) is 10.6. The molecule has 4 heteroatoms. The second-order valence-corrected chi connectivity index (χ2v) is 5.81. The van der Waals surface area contributed by atoms with Gasteiger partial charge in [-0.25, -0.2) is 0 Å². The molecular formula is C12H23N3O. The van der Waals surface area contributed by atoms with Crippen LogP contribution < -0.4 is 10.6 Å². The first kappa shape index (κ1) is 11.9. The summed E-state index contributed by atoms with van der Waals surface area (Å²) in [5.74, 6) is 0.175. The normalized spacial score (nSPS) is 25.2. The van der Waals surface area contributed by atoms with Crippen LogP contribution in [0.5, 0.6) is 0 Å². The number of carbonyl (C=O) groups is 1. The molecule has 0 bridgehead atoms. The lowest BCUT2D eigenvalue weighted by Gasteiger charge is -2.40. The Bertz CT molecular complexity index is 278. The maximum atomic E-state index is 12.2. The molecule has 0 aromatic carbocycles. The van der Waals surface area contributed by atoms with Gasteiger partial charge in [-0.05, 0) is 33.6 Å². The van der Waals surface area contributed by atoms with Gasteiger partial charge in [-0.3, -0.25) is 9.69 Å². The van der Waals surface area contributed by atoms with Crippen LogP contribution in [-0.2, 0) is 4.79 Å². The second kappa shape index (κ2) is 4.00. The van der Waals surface area contributed by atoms with Crippen molar-refractivity contribution in [2.45, 2.75) is 44.7 Å². The predicted octanol–water partition coefficient (Wildman–Crippen LogP) is 0.339. The van der Waals surface area contributed by atoms with Crippen molar-refractivity contribution < 1.29 is 4.79 Å². The Hall–Kier alpha value is -0.610. The van der Waals surface area contributed by atoms with E-state index in [1.807, 2.05) is 13.8 Å². The molecule has 1 saturated heterocycles. The van der Waals surface area contributed by atoms with Gasteiger partial charge in [0.2, 0.25) is 5.91 Å². The van der Waals surface area contributed by atoms with Gasteiger partial charge in [-0.15, -0.1) is 0 Å². The summed E-state index contributed by atoms with van der Waals surface area (Å²) in [6.07, 6.45) is 2.24. The predicted molar refractivity (Wildman–Crippen MR) is 64.3 cm³/mol. The van der Waals surface area contributed by atoms with E-state index in [2.05, 4.69) is 22.5 Å². The highest BCUT2D eigenvalue weighted by atomic mass is 16.2. The number of hydrogen-bond acceptors (Lipinski definition) is 3. The molecule has 1 amide bonds. The summed E-state index contributed by atoms with van der Waals surface area (Å²) >= 11 is 0. The second-order valence-electron chi connectivity index (χ2n) is 5.81. The molecule has 0 atom stereocenters. The summed E-state index contributed by atoms with van der Waals surface area (Å²) in [6, 6.07) is 0. The summed E-state index contributed by atoms with van der Waals surface area (Å²) in [5.41, 5.74) is -0.296. The number of piperazine rings is 1. The van der Waals surface area contributed by atoms with Gasteiger partial charge in [0.15, 0.2) is 0 Å². The molecule has 2 N–H and O–H groups in total. The van der Waals surface area contributed by atoms with E-state index in [9.17, 15) is 4.79 Å². The summed E-state index contributed by atoms with van der Waals surface area (Å²) < 4.78 is 0. The highest BCUT2D eigenvalue weighted by Gasteiger charge is 2.43. The Kier molecular flexibility index (Phi) is 2.97. The van der Waals surface area contributed by atoms with Crippen LogP contribution in [0.4, 0.5) is 0 Å². The van der Waals surface area contributed by atoms with Gasteiger partial charge < -0.3 is 10.6 Å². The fourth-order valence-corrected chi connectivity index (χ4v) is 2.11. The number of rotatable bonds is 3. The number of carbonyl (C=O) groups excluding carboxylic acids is 1. The van der Waals surface area contributed by atoms with E-state index in [0.29, 0.717) is 0 Å². The molecule has 1 heterocycles. The van der Waals surface area contributed by atoms with Crippen molar-refractivity contribution in [3.63, 3.8) is 0 Å². The minimum atomic E-state index is -0.381. The van der Waals surface area contributed by atoms with Crippen LogP contribution in [0.2, 0.25) is 0 Å². The third kappa shape index (κ3) is 2.38. The van der Waals surface area contributed by atoms with Gasteiger partial charge >= 0.3 is 0 Å². The SMILES string of the molecule is CC1(NC(=O)C(C)(C)N2CCNCC2)CC1. The summed E-state index contributed by atoms with van der Waals surface area (Å²) in [6.45, 7) is 10.0. The van der Waals surface area contributed by atoms with Crippen molar-refractivity contribution >= 4 is 5.91 Å². The molecule has 0 aromatic heterocycles. The molecule has 1 aliphatic carbocycles. The van der Waals surface area contributed by atoms with Crippen LogP contribution in [0, 0.1) is 0 Å². The van der Waals surface area contributed by atoms with Crippen molar-refractivity contribution in [2.24, 2.45) is 0 Å². The molecule has 92 valence electrons. The summed E-state index contributed by atoms with van der Waals surface area (Å²) in [4.78, 5) is 14.5. The van der Waals surface area contributed by atoms with Crippen molar-refractivity contribution in [3.8, 4) is 0 Å². The maximum absolute atomic E-state index is 12.2. The Morgan fingerprint density at radius 1 is 1.31 bits per heavy atom. The van der Waals surface area contributed by atoms with Gasteiger partial charge in [0.25, 0.3) is 0 Å². The Balaban J connectivity index is 1.96. The van der Waals surface area contributed by atoms with Gasteiger partial charge in [-0.1, -0.05) is 0 Å². The van der Waals surface area contributed by atoms with Gasteiger partial charge in [-0.2, -0.15) is 0 Å². The van der Waals surface area contributed by atoms with E-state index in [0.717, 1.165) is 39.0 Å². The van der Waals surface area contributed by atoms with Crippen LogP contribution >= 0.6 is 0 Å². The molecule has 4 nitrogen and oxygen atoms in total. The van der Waals surface area contributed by atoms with Crippen molar-refractivity contribution in [1.29, 1.82) is 0 Å². The smallest absolute Gasteiger partial charge is 0.240 e.